The molecule has 1 atom stereocenters. The van der Waals surface area contributed by atoms with Gasteiger partial charge in [-0.15, -0.1) is 0 Å². The molecule has 0 spiro atoms. The zero-order valence-corrected chi connectivity index (χ0v) is 6.23. The number of halogens is 1. The Morgan fingerprint density at radius 3 is 2.90 bits per heavy atom. The van der Waals surface area contributed by atoms with Crippen molar-refractivity contribution in [2.24, 2.45) is 5.92 Å². The maximum atomic E-state index is 12.7. The van der Waals surface area contributed by atoms with E-state index < -0.39 is 0 Å². The van der Waals surface area contributed by atoms with Gasteiger partial charge in [0.1, 0.15) is 5.76 Å². The Hall–Kier alpha value is -0.790. The van der Waals surface area contributed by atoms with Gasteiger partial charge in [0.05, 0.1) is 7.11 Å². The fourth-order valence-electron chi connectivity index (χ4n) is 0.962. The Morgan fingerprint density at radius 2 is 2.40 bits per heavy atom. The molecule has 1 aliphatic carbocycles. The lowest BCUT2D eigenvalue weighted by atomic mass is 10.0. The first kappa shape index (κ1) is 7.32. The topological polar surface area (TPSA) is 9.23 Å². The minimum absolute atomic E-state index is 0.236. The molecule has 0 aliphatic heterocycles. The van der Waals surface area contributed by atoms with Gasteiger partial charge in [-0.2, -0.15) is 0 Å². The highest BCUT2D eigenvalue weighted by Gasteiger charge is 2.11. The number of rotatable bonds is 1. The maximum absolute atomic E-state index is 12.7. The van der Waals surface area contributed by atoms with E-state index in [0.29, 0.717) is 11.7 Å². The molecule has 0 saturated heterocycles. The third kappa shape index (κ3) is 1.38. The number of allylic oxidation sites excluding steroid dienone is 3. The van der Waals surface area contributed by atoms with Crippen LogP contribution in [0.4, 0.5) is 4.39 Å². The molecule has 0 saturated carbocycles. The molecule has 0 amide bonds. The molecule has 0 aromatic heterocycles. The van der Waals surface area contributed by atoms with Crippen molar-refractivity contribution in [3.63, 3.8) is 0 Å². The van der Waals surface area contributed by atoms with E-state index in [2.05, 4.69) is 0 Å². The average Bonchev–Trinajstić information content (AvgIpc) is 1.94. The van der Waals surface area contributed by atoms with Gasteiger partial charge in [0.2, 0.25) is 0 Å². The van der Waals surface area contributed by atoms with Crippen molar-refractivity contribution >= 4 is 0 Å². The molecule has 0 radical (unpaired) electrons. The Morgan fingerprint density at radius 1 is 1.70 bits per heavy atom. The molecule has 0 heterocycles. The number of methoxy groups -OCH3 is 1. The molecule has 0 N–H and O–H groups in total. The SMILES string of the molecule is COC1=C[C@@H](C)CC=C1F. The van der Waals surface area contributed by atoms with E-state index in [1.807, 2.05) is 6.92 Å². The summed E-state index contributed by atoms with van der Waals surface area (Å²) in [6.45, 7) is 2.03. The summed E-state index contributed by atoms with van der Waals surface area (Å²) in [6.07, 6.45) is 4.14. The van der Waals surface area contributed by atoms with Crippen LogP contribution in [-0.4, -0.2) is 7.11 Å². The third-order valence-electron chi connectivity index (χ3n) is 1.56. The van der Waals surface area contributed by atoms with E-state index in [9.17, 15) is 4.39 Å². The van der Waals surface area contributed by atoms with Crippen LogP contribution in [0.1, 0.15) is 13.3 Å². The van der Waals surface area contributed by atoms with Crippen molar-refractivity contribution in [2.45, 2.75) is 13.3 Å². The quantitative estimate of drug-likeness (QED) is 0.546. The number of ether oxygens (including phenoxy) is 1. The Balaban J connectivity index is 2.74. The summed E-state index contributed by atoms with van der Waals surface area (Å²) in [5.41, 5.74) is 0. The lowest BCUT2D eigenvalue weighted by molar-refractivity contribution is 0.275. The Bertz CT molecular complexity index is 182. The zero-order valence-electron chi connectivity index (χ0n) is 6.23. The normalized spacial score (nSPS) is 25.3. The van der Waals surface area contributed by atoms with E-state index in [-0.39, 0.29) is 5.83 Å². The Kier molecular flexibility index (Phi) is 2.10. The predicted molar refractivity (Wildman–Crippen MR) is 38.1 cm³/mol. The minimum Gasteiger partial charge on any atom is -0.494 e. The molecule has 2 heteroatoms. The van der Waals surface area contributed by atoms with Crippen LogP contribution in [0.5, 0.6) is 0 Å². The molecule has 0 bridgehead atoms. The maximum Gasteiger partial charge on any atom is 0.160 e. The average molecular weight is 142 g/mol. The van der Waals surface area contributed by atoms with E-state index >= 15 is 0 Å². The molecular weight excluding hydrogens is 131 g/mol. The van der Waals surface area contributed by atoms with E-state index in [1.54, 1.807) is 12.2 Å². The van der Waals surface area contributed by atoms with Gasteiger partial charge in [-0.1, -0.05) is 6.92 Å². The van der Waals surface area contributed by atoms with Crippen LogP contribution in [0, 0.1) is 5.92 Å². The van der Waals surface area contributed by atoms with Crippen molar-refractivity contribution in [3.8, 4) is 0 Å². The summed E-state index contributed by atoms with van der Waals surface area (Å²) in [5, 5.41) is 0. The van der Waals surface area contributed by atoms with E-state index in [1.165, 1.54) is 7.11 Å². The van der Waals surface area contributed by atoms with Crippen LogP contribution in [0.25, 0.3) is 0 Å². The van der Waals surface area contributed by atoms with E-state index in [4.69, 9.17) is 4.74 Å². The number of hydrogen-bond acceptors (Lipinski definition) is 1. The second-order valence-corrected chi connectivity index (χ2v) is 2.50. The second kappa shape index (κ2) is 2.86. The van der Waals surface area contributed by atoms with Crippen LogP contribution in [0.3, 0.4) is 0 Å². The highest BCUT2D eigenvalue weighted by Crippen LogP contribution is 2.23. The number of hydrogen-bond donors (Lipinski definition) is 0. The van der Waals surface area contributed by atoms with Gasteiger partial charge in [-0.05, 0) is 24.5 Å². The molecular formula is C8H11FO. The fourth-order valence-corrected chi connectivity index (χ4v) is 0.962. The molecule has 56 valence electrons. The zero-order chi connectivity index (χ0) is 7.56. The molecule has 10 heavy (non-hydrogen) atoms. The molecule has 0 aromatic carbocycles. The minimum atomic E-state index is -0.236. The summed E-state index contributed by atoms with van der Waals surface area (Å²) in [7, 11) is 1.48. The lowest BCUT2D eigenvalue weighted by Crippen LogP contribution is -1.99. The summed E-state index contributed by atoms with van der Waals surface area (Å²) in [4.78, 5) is 0. The molecule has 0 unspecified atom stereocenters. The van der Waals surface area contributed by atoms with Crippen LogP contribution >= 0.6 is 0 Å². The first-order valence-electron chi connectivity index (χ1n) is 3.36. The van der Waals surface area contributed by atoms with Crippen LogP contribution < -0.4 is 0 Å². The van der Waals surface area contributed by atoms with Crippen molar-refractivity contribution in [1.29, 1.82) is 0 Å². The van der Waals surface area contributed by atoms with Crippen molar-refractivity contribution in [1.82, 2.24) is 0 Å². The fraction of sp³-hybridized carbons (Fsp3) is 0.500. The first-order valence-corrected chi connectivity index (χ1v) is 3.36. The van der Waals surface area contributed by atoms with Gasteiger partial charge >= 0.3 is 0 Å². The molecule has 0 aromatic rings. The summed E-state index contributed by atoms with van der Waals surface area (Å²) < 4.78 is 17.5. The van der Waals surface area contributed by atoms with Crippen LogP contribution in [-0.2, 0) is 4.74 Å². The summed E-state index contributed by atoms with van der Waals surface area (Å²) >= 11 is 0. The van der Waals surface area contributed by atoms with Crippen LogP contribution in [0.2, 0.25) is 0 Å². The monoisotopic (exact) mass is 142 g/mol. The third-order valence-corrected chi connectivity index (χ3v) is 1.56. The highest BCUT2D eigenvalue weighted by molar-refractivity contribution is 5.23. The summed E-state index contributed by atoms with van der Waals surface area (Å²) in [5.74, 6) is 0.536. The van der Waals surface area contributed by atoms with Crippen molar-refractivity contribution in [3.05, 3.63) is 23.7 Å². The van der Waals surface area contributed by atoms with Gasteiger partial charge in [0.15, 0.2) is 5.83 Å². The standard InChI is InChI=1S/C8H11FO/c1-6-3-4-7(9)8(5-6)10-2/h4-6H,3H2,1-2H3/t6-/m0/s1. The molecule has 1 nitrogen and oxygen atoms in total. The van der Waals surface area contributed by atoms with Gasteiger partial charge < -0.3 is 4.74 Å². The van der Waals surface area contributed by atoms with Gasteiger partial charge in [-0.3, -0.25) is 0 Å². The first-order chi connectivity index (χ1) is 4.74. The Labute approximate surface area is 60.2 Å². The largest absolute Gasteiger partial charge is 0.494 e. The van der Waals surface area contributed by atoms with Crippen LogP contribution in [0.15, 0.2) is 23.7 Å². The van der Waals surface area contributed by atoms with Gasteiger partial charge in [0.25, 0.3) is 0 Å². The van der Waals surface area contributed by atoms with Gasteiger partial charge in [0, 0.05) is 0 Å². The molecule has 1 aliphatic rings. The molecule has 0 fully saturated rings. The molecule has 1 rings (SSSR count). The van der Waals surface area contributed by atoms with Crippen molar-refractivity contribution in [2.75, 3.05) is 7.11 Å². The van der Waals surface area contributed by atoms with E-state index in [0.717, 1.165) is 6.42 Å². The van der Waals surface area contributed by atoms with Crippen molar-refractivity contribution < 1.29 is 9.13 Å². The highest BCUT2D eigenvalue weighted by atomic mass is 19.1. The second-order valence-electron chi connectivity index (χ2n) is 2.50. The summed E-state index contributed by atoms with van der Waals surface area (Å²) in [6, 6.07) is 0. The van der Waals surface area contributed by atoms with Gasteiger partial charge in [-0.25, -0.2) is 4.39 Å². The lowest BCUT2D eigenvalue weighted by Gasteiger charge is -2.12. The predicted octanol–water partition coefficient (Wildman–Crippen LogP) is 2.41. The smallest absolute Gasteiger partial charge is 0.160 e.